The van der Waals surface area contributed by atoms with Gasteiger partial charge in [-0.3, -0.25) is 4.68 Å². The van der Waals surface area contributed by atoms with Gasteiger partial charge >= 0.3 is 0 Å². The molecular formula is C13H23N3S2. The summed E-state index contributed by atoms with van der Waals surface area (Å²) >= 11 is 4.21. The van der Waals surface area contributed by atoms with Gasteiger partial charge in [-0.2, -0.15) is 28.6 Å². The van der Waals surface area contributed by atoms with Gasteiger partial charge in [0.15, 0.2) is 0 Å². The number of nitrogens with zero attached hydrogens (tertiary/aromatic N) is 2. The van der Waals surface area contributed by atoms with E-state index in [1.807, 2.05) is 10.9 Å². The lowest BCUT2D eigenvalue weighted by Crippen LogP contribution is -2.37. The van der Waals surface area contributed by atoms with Crippen LogP contribution in [0.5, 0.6) is 0 Å². The van der Waals surface area contributed by atoms with Crippen LogP contribution < -0.4 is 5.32 Å². The largest absolute Gasteiger partial charge is 0.309 e. The summed E-state index contributed by atoms with van der Waals surface area (Å²) in [7, 11) is 0. The third-order valence-corrected chi connectivity index (χ3v) is 6.52. The van der Waals surface area contributed by atoms with Gasteiger partial charge in [0.25, 0.3) is 0 Å². The minimum Gasteiger partial charge on any atom is -0.309 e. The minimum atomic E-state index is 0.433. The summed E-state index contributed by atoms with van der Waals surface area (Å²) in [6.45, 7) is 8.63. The molecule has 1 aromatic rings. The molecule has 0 aliphatic carbocycles. The summed E-state index contributed by atoms with van der Waals surface area (Å²) in [5.74, 6) is 2.55. The molecule has 0 amide bonds. The Kier molecular flexibility index (Phi) is 5.45. The zero-order chi connectivity index (χ0) is 13.0. The molecule has 3 unspecified atom stereocenters. The molecule has 5 heteroatoms. The highest BCUT2D eigenvalue weighted by atomic mass is 32.2. The zero-order valence-corrected chi connectivity index (χ0v) is 13.1. The van der Waals surface area contributed by atoms with Gasteiger partial charge in [-0.15, -0.1) is 0 Å². The van der Waals surface area contributed by atoms with Crippen LogP contribution in [0.1, 0.15) is 32.4 Å². The normalized spacial score (nSPS) is 26.2. The molecule has 1 aromatic heterocycles. The molecule has 1 fully saturated rings. The number of hydrogen-bond donors (Lipinski definition) is 1. The van der Waals surface area contributed by atoms with Crippen molar-refractivity contribution < 1.29 is 0 Å². The van der Waals surface area contributed by atoms with Gasteiger partial charge in [0, 0.05) is 46.4 Å². The first-order valence-corrected chi connectivity index (χ1v) is 8.85. The molecule has 18 heavy (non-hydrogen) atoms. The number of rotatable bonds is 5. The Labute approximate surface area is 118 Å². The van der Waals surface area contributed by atoms with Gasteiger partial charge in [0.1, 0.15) is 0 Å². The molecule has 0 bridgehead atoms. The smallest absolute Gasteiger partial charge is 0.0538 e. The van der Waals surface area contributed by atoms with Crippen molar-refractivity contribution >= 4 is 23.5 Å². The quantitative estimate of drug-likeness (QED) is 0.901. The average Bonchev–Trinajstić information content (AvgIpc) is 2.85. The molecule has 3 nitrogen and oxygen atoms in total. The average molecular weight is 285 g/mol. The maximum absolute atomic E-state index is 4.42. The highest BCUT2D eigenvalue weighted by molar-refractivity contribution is 8.07. The van der Waals surface area contributed by atoms with Crippen LogP contribution in [0.3, 0.4) is 0 Å². The van der Waals surface area contributed by atoms with E-state index < -0.39 is 0 Å². The van der Waals surface area contributed by atoms with Crippen molar-refractivity contribution in [3.05, 3.63) is 18.0 Å². The Morgan fingerprint density at radius 2 is 2.22 bits per heavy atom. The molecule has 102 valence electrons. The van der Waals surface area contributed by atoms with E-state index in [1.165, 1.54) is 17.1 Å². The topological polar surface area (TPSA) is 29.9 Å². The fraction of sp³-hybridized carbons (Fsp3) is 0.769. The molecule has 0 saturated carbocycles. The van der Waals surface area contributed by atoms with Crippen LogP contribution in [-0.4, -0.2) is 38.3 Å². The number of thioether (sulfide) groups is 2. The molecule has 0 aromatic carbocycles. The molecule has 2 heterocycles. The van der Waals surface area contributed by atoms with Crippen molar-refractivity contribution in [2.75, 3.05) is 18.1 Å². The highest BCUT2D eigenvalue weighted by Crippen LogP contribution is 2.38. The van der Waals surface area contributed by atoms with Gasteiger partial charge in [-0.1, -0.05) is 13.8 Å². The molecule has 3 atom stereocenters. The maximum Gasteiger partial charge on any atom is 0.0538 e. The van der Waals surface area contributed by atoms with E-state index in [9.17, 15) is 0 Å². The predicted molar refractivity (Wildman–Crippen MR) is 82.5 cm³/mol. The second-order valence-electron chi connectivity index (χ2n) is 4.58. The summed E-state index contributed by atoms with van der Waals surface area (Å²) in [5.41, 5.74) is 1.34. The molecule has 1 N–H and O–H groups in total. The van der Waals surface area contributed by atoms with Gasteiger partial charge < -0.3 is 5.32 Å². The Morgan fingerprint density at radius 3 is 2.83 bits per heavy atom. The Hall–Kier alpha value is -0.130. The van der Waals surface area contributed by atoms with Crippen LogP contribution in [-0.2, 0) is 6.54 Å². The fourth-order valence-electron chi connectivity index (χ4n) is 2.37. The predicted octanol–water partition coefficient (Wildman–Crippen LogP) is 2.79. The molecule has 0 spiro atoms. The summed E-state index contributed by atoms with van der Waals surface area (Å²) < 4.78 is 2.02. The van der Waals surface area contributed by atoms with Crippen molar-refractivity contribution in [1.29, 1.82) is 0 Å². The SMILES string of the molecule is CCNC(c1cnn(CC)c1)C1SCCSC1C. The Bertz CT molecular complexity index is 367. The van der Waals surface area contributed by atoms with Crippen LogP contribution >= 0.6 is 23.5 Å². The van der Waals surface area contributed by atoms with Crippen LogP contribution in [0.2, 0.25) is 0 Å². The van der Waals surface area contributed by atoms with Gasteiger partial charge in [0.05, 0.1) is 6.20 Å². The van der Waals surface area contributed by atoms with Crippen molar-refractivity contribution in [3.8, 4) is 0 Å². The van der Waals surface area contributed by atoms with E-state index in [-0.39, 0.29) is 0 Å². The Morgan fingerprint density at radius 1 is 1.44 bits per heavy atom. The van der Waals surface area contributed by atoms with E-state index in [0.717, 1.165) is 13.1 Å². The highest BCUT2D eigenvalue weighted by Gasteiger charge is 2.31. The summed E-state index contributed by atoms with van der Waals surface area (Å²) in [4.78, 5) is 0. The molecule has 1 aliphatic rings. The van der Waals surface area contributed by atoms with Gasteiger partial charge in [0.2, 0.25) is 0 Å². The summed E-state index contributed by atoms with van der Waals surface area (Å²) in [6.07, 6.45) is 4.23. The molecule has 1 saturated heterocycles. The summed E-state index contributed by atoms with van der Waals surface area (Å²) in [5, 5.41) is 9.42. The first-order valence-electron chi connectivity index (χ1n) is 6.75. The van der Waals surface area contributed by atoms with E-state index in [1.54, 1.807) is 0 Å². The summed E-state index contributed by atoms with van der Waals surface area (Å²) in [6, 6.07) is 0.433. The van der Waals surface area contributed by atoms with Crippen molar-refractivity contribution in [3.63, 3.8) is 0 Å². The van der Waals surface area contributed by atoms with Crippen LogP contribution in [0.15, 0.2) is 12.4 Å². The standard InChI is InChI=1S/C13H23N3S2/c1-4-14-12(11-8-15-16(5-2)9-11)13-10(3)17-6-7-18-13/h8-10,12-14H,4-7H2,1-3H3. The first kappa shape index (κ1) is 14.3. The number of aryl methyl sites for hydroxylation is 1. The van der Waals surface area contributed by atoms with Gasteiger partial charge in [-0.25, -0.2) is 0 Å². The first-order chi connectivity index (χ1) is 8.76. The van der Waals surface area contributed by atoms with E-state index in [0.29, 0.717) is 16.5 Å². The monoisotopic (exact) mass is 285 g/mol. The minimum absolute atomic E-state index is 0.433. The lowest BCUT2D eigenvalue weighted by molar-refractivity contribution is 0.524. The van der Waals surface area contributed by atoms with Crippen molar-refractivity contribution in [1.82, 2.24) is 15.1 Å². The second-order valence-corrected chi connectivity index (χ2v) is 7.35. The van der Waals surface area contributed by atoms with Crippen LogP contribution in [0.25, 0.3) is 0 Å². The molecule has 0 radical (unpaired) electrons. The van der Waals surface area contributed by atoms with Crippen molar-refractivity contribution in [2.24, 2.45) is 0 Å². The lowest BCUT2D eigenvalue weighted by atomic mass is 10.1. The third kappa shape index (κ3) is 3.25. The Balaban J connectivity index is 2.15. The molecule has 1 aliphatic heterocycles. The maximum atomic E-state index is 4.42. The number of hydrogen-bond acceptors (Lipinski definition) is 4. The van der Waals surface area contributed by atoms with Gasteiger partial charge in [-0.05, 0) is 13.5 Å². The third-order valence-electron chi connectivity index (χ3n) is 3.33. The van der Waals surface area contributed by atoms with Crippen LogP contribution in [0, 0.1) is 0 Å². The number of nitrogens with one attached hydrogen (secondary N) is 1. The number of aromatic nitrogens is 2. The molecular weight excluding hydrogens is 262 g/mol. The molecule has 2 rings (SSSR count). The zero-order valence-electron chi connectivity index (χ0n) is 11.4. The van der Waals surface area contributed by atoms with Crippen molar-refractivity contribution in [2.45, 2.75) is 43.9 Å². The fourth-order valence-corrected chi connectivity index (χ4v) is 5.32. The van der Waals surface area contributed by atoms with E-state index in [2.05, 4.69) is 60.9 Å². The van der Waals surface area contributed by atoms with E-state index >= 15 is 0 Å². The lowest BCUT2D eigenvalue weighted by Gasteiger charge is -2.34. The second kappa shape index (κ2) is 6.87. The van der Waals surface area contributed by atoms with E-state index in [4.69, 9.17) is 0 Å². The van der Waals surface area contributed by atoms with Crippen LogP contribution in [0.4, 0.5) is 0 Å².